The van der Waals surface area contributed by atoms with Crippen molar-refractivity contribution in [2.75, 3.05) is 20.7 Å². The van der Waals surface area contributed by atoms with Gasteiger partial charge in [-0.3, -0.25) is 10.1 Å². The van der Waals surface area contributed by atoms with Gasteiger partial charge in [-0.25, -0.2) is 4.39 Å². The zero-order valence-electron chi connectivity index (χ0n) is 14.4. The number of nitrogens with zero attached hydrogens (tertiary/aromatic N) is 1. The average Bonchev–Trinajstić information content (AvgIpc) is 2.61. The van der Waals surface area contributed by atoms with E-state index in [1.807, 2.05) is 24.3 Å². The Morgan fingerprint density at radius 2 is 1.92 bits per heavy atom. The number of likely N-dealkylation sites (N-methyl/N-ethyl adjacent to an activating group) is 1. The monoisotopic (exact) mass is 346 g/mol. The van der Waals surface area contributed by atoms with E-state index >= 15 is 0 Å². The Hall–Kier alpha value is -2.44. The van der Waals surface area contributed by atoms with Crippen LogP contribution in [0.2, 0.25) is 0 Å². The maximum absolute atomic E-state index is 13.1. The van der Waals surface area contributed by atoms with Crippen molar-refractivity contribution in [2.45, 2.75) is 19.2 Å². The number of ether oxygens (including phenoxy) is 1. The van der Waals surface area contributed by atoms with Crippen LogP contribution >= 0.6 is 0 Å². The summed E-state index contributed by atoms with van der Waals surface area (Å²) in [6.07, 6.45) is 0. The molecule has 0 aliphatic carbocycles. The lowest BCUT2D eigenvalue weighted by molar-refractivity contribution is -0.131. The second-order valence-corrected chi connectivity index (χ2v) is 5.91. The topological polar surface area (TPSA) is 61.8 Å². The molecular formula is C19H23FN2O3. The van der Waals surface area contributed by atoms with Crippen molar-refractivity contribution in [3.63, 3.8) is 0 Å². The van der Waals surface area contributed by atoms with E-state index in [2.05, 4.69) is 5.32 Å². The molecule has 0 aliphatic heterocycles. The molecule has 0 saturated heterocycles. The second kappa shape index (κ2) is 9.15. The summed E-state index contributed by atoms with van der Waals surface area (Å²) in [5, 5.41) is 12.3. The molecule has 1 unspecified atom stereocenters. The van der Waals surface area contributed by atoms with Crippen molar-refractivity contribution >= 4 is 5.91 Å². The Labute approximate surface area is 147 Å². The van der Waals surface area contributed by atoms with Crippen molar-refractivity contribution in [1.82, 2.24) is 10.2 Å². The van der Waals surface area contributed by atoms with Crippen molar-refractivity contribution in [3.05, 3.63) is 65.5 Å². The molecule has 2 aromatic rings. The van der Waals surface area contributed by atoms with Crippen LogP contribution in [0.1, 0.15) is 11.1 Å². The molecule has 1 amide bonds. The molecule has 25 heavy (non-hydrogen) atoms. The van der Waals surface area contributed by atoms with Crippen LogP contribution in [-0.4, -0.2) is 42.7 Å². The van der Waals surface area contributed by atoms with Crippen LogP contribution in [0.15, 0.2) is 48.5 Å². The molecule has 0 radical (unpaired) electrons. The SMILES string of the molecule is CN(C)C(=O)C(CO)NCc1ccc(OCc2cccc(F)c2)cc1. The van der Waals surface area contributed by atoms with Crippen molar-refractivity contribution in [3.8, 4) is 5.75 Å². The number of carbonyl (C=O) groups excluding carboxylic acids is 1. The van der Waals surface area contributed by atoms with Crippen LogP contribution < -0.4 is 10.1 Å². The van der Waals surface area contributed by atoms with E-state index < -0.39 is 6.04 Å². The highest BCUT2D eigenvalue weighted by Crippen LogP contribution is 2.15. The van der Waals surface area contributed by atoms with Crippen molar-refractivity contribution in [1.29, 1.82) is 0 Å². The minimum absolute atomic E-state index is 0.169. The van der Waals surface area contributed by atoms with Gasteiger partial charge in [0.05, 0.1) is 6.61 Å². The van der Waals surface area contributed by atoms with Gasteiger partial charge in [-0.05, 0) is 35.4 Å². The molecule has 5 nitrogen and oxygen atoms in total. The molecule has 6 heteroatoms. The minimum Gasteiger partial charge on any atom is -0.489 e. The van der Waals surface area contributed by atoms with Gasteiger partial charge in [0.2, 0.25) is 5.91 Å². The van der Waals surface area contributed by atoms with Gasteiger partial charge in [0.25, 0.3) is 0 Å². The number of carbonyl (C=O) groups is 1. The zero-order chi connectivity index (χ0) is 18.2. The standard InChI is InChI=1S/C19H23FN2O3/c1-22(2)19(24)18(12-23)21-11-14-6-8-17(9-7-14)25-13-15-4-3-5-16(20)10-15/h3-10,18,21,23H,11-13H2,1-2H3. The predicted octanol–water partition coefficient (Wildman–Crippen LogP) is 1.94. The number of hydrogen-bond acceptors (Lipinski definition) is 4. The first kappa shape index (κ1) is 18.9. The highest BCUT2D eigenvalue weighted by molar-refractivity contribution is 5.81. The van der Waals surface area contributed by atoms with Gasteiger partial charge in [0, 0.05) is 20.6 Å². The van der Waals surface area contributed by atoms with Crippen LogP contribution in [0, 0.1) is 5.82 Å². The van der Waals surface area contributed by atoms with Gasteiger partial charge in [-0.15, -0.1) is 0 Å². The lowest BCUT2D eigenvalue weighted by atomic mass is 10.2. The first-order chi connectivity index (χ1) is 12.0. The van der Waals surface area contributed by atoms with Crippen LogP contribution in [0.3, 0.4) is 0 Å². The van der Waals surface area contributed by atoms with E-state index in [1.54, 1.807) is 26.2 Å². The third-order valence-electron chi connectivity index (χ3n) is 3.69. The Balaban J connectivity index is 1.86. The number of amides is 1. The van der Waals surface area contributed by atoms with E-state index in [1.165, 1.54) is 17.0 Å². The fourth-order valence-electron chi connectivity index (χ4n) is 2.28. The number of aliphatic hydroxyl groups excluding tert-OH is 1. The number of nitrogens with one attached hydrogen (secondary N) is 1. The highest BCUT2D eigenvalue weighted by Gasteiger charge is 2.18. The van der Waals surface area contributed by atoms with E-state index in [-0.39, 0.29) is 18.3 Å². The van der Waals surface area contributed by atoms with Gasteiger partial charge in [0.15, 0.2) is 0 Å². The summed E-state index contributed by atoms with van der Waals surface area (Å²) in [6, 6.07) is 13.1. The summed E-state index contributed by atoms with van der Waals surface area (Å²) in [7, 11) is 3.30. The van der Waals surface area contributed by atoms with Gasteiger partial charge in [-0.2, -0.15) is 0 Å². The molecule has 2 N–H and O–H groups in total. The Kier molecular flexibility index (Phi) is 6.91. The molecule has 2 aromatic carbocycles. The summed E-state index contributed by atoms with van der Waals surface area (Å²) >= 11 is 0. The van der Waals surface area contributed by atoms with Crippen LogP contribution in [0.4, 0.5) is 4.39 Å². The Bertz CT molecular complexity index is 689. The number of aliphatic hydroxyl groups is 1. The van der Waals surface area contributed by atoms with Gasteiger partial charge >= 0.3 is 0 Å². The summed E-state index contributed by atoms with van der Waals surface area (Å²) in [5.41, 5.74) is 1.72. The predicted molar refractivity (Wildman–Crippen MR) is 93.6 cm³/mol. The van der Waals surface area contributed by atoms with E-state index in [9.17, 15) is 14.3 Å². The van der Waals surface area contributed by atoms with E-state index in [0.717, 1.165) is 11.1 Å². The van der Waals surface area contributed by atoms with Crippen LogP contribution in [-0.2, 0) is 17.9 Å². The third-order valence-corrected chi connectivity index (χ3v) is 3.69. The van der Waals surface area contributed by atoms with Crippen LogP contribution in [0.25, 0.3) is 0 Å². The molecular weight excluding hydrogens is 323 g/mol. The smallest absolute Gasteiger partial charge is 0.241 e. The molecule has 0 fully saturated rings. The van der Waals surface area contributed by atoms with Crippen LogP contribution in [0.5, 0.6) is 5.75 Å². The lowest BCUT2D eigenvalue weighted by Gasteiger charge is -2.19. The largest absolute Gasteiger partial charge is 0.489 e. The summed E-state index contributed by atoms with van der Waals surface area (Å²) in [4.78, 5) is 13.3. The Morgan fingerprint density at radius 3 is 2.52 bits per heavy atom. The summed E-state index contributed by atoms with van der Waals surface area (Å²) in [5.74, 6) is 0.224. The second-order valence-electron chi connectivity index (χ2n) is 5.91. The van der Waals surface area contributed by atoms with Gasteiger partial charge in [-0.1, -0.05) is 24.3 Å². The summed E-state index contributed by atoms with van der Waals surface area (Å²) < 4.78 is 18.8. The number of halogens is 1. The average molecular weight is 346 g/mol. The molecule has 0 saturated carbocycles. The Morgan fingerprint density at radius 1 is 1.20 bits per heavy atom. The third kappa shape index (κ3) is 5.85. The minimum atomic E-state index is -0.626. The maximum atomic E-state index is 13.1. The molecule has 0 aliphatic rings. The quantitative estimate of drug-likeness (QED) is 0.767. The first-order valence-corrected chi connectivity index (χ1v) is 8.01. The fraction of sp³-hybridized carbons (Fsp3) is 0.316. The summed E-state index contributed by atoms with van der Waals surface area (Å²) in [6.45, 7) is 0.486. The van der Waals surface area contributed by atoms with Gasteiger partial charge in [0.1, 0.15) is 24.2 Å². The highest BCUT2D eigenvalue weighted by atomic mass is 19.1. The van der Waals surface area contributed by atoms with Crippen molar-refractivity contribution in [2.24, 2.45) is 0 Å². The van der Waals surface area contributed by atoms with E-state index in [0.29, 0.717) is 18.9 Å². The fourth-order valence-corrected chi connectivity index (χ4v) is 2.28. The molecule has 0 spiro atoms. The van der Waals surface area contributed by atoms with E-state index in [4.69, 9.17) is 4.74 Å². The number of rotatable bonds is 8. The first-order valence-electron chi connectivity index (χ1n) is 8.01. The molecule has 1 atom stereocenters. The number of benzene rings is 2. The lowest BCUT2D eigenvalue weighted by Crippen LogP contribution is -2.45. The normalized spacial score (nSPS) is 11.8. The molecule has 0 heterocycles. The molecule has 134 valence electrons. The molecule has 0 aromatic heterocycles. The van der Waals surface area contributed by atoms with Crippen molar-refractivity contribution < 1.29 is 19.0 Å². The zero-order valence-corrected chi connectivity index (χ0v) is 14.4. The van der Waals surface area contributed by atoms with Gasteiger partial charge < -0.3 is 14.7 Å². The molecule has 0 bridgehead atoms. The molecule has 2 rings (SSSR count). The maximum Gasteiger partial charge on any atom is 0.241 e. The number of hydrogen-bond donors (Lipinski definition) is 2.